The summed E-state index contributed by atoms with van der Waals surface area (Å²) >= 11 is 8.98. The number of thioether (sulfide) groups is 1. The fourth-order valence-electron chi connectivity index (χ4n) is 1.39. The van der Waals surface area contributed by atoms with Crippen LogP contribution in [0.3, 0.4) is 0 Å². The topological polar surface area (TPSA) is 40.8 Å². The fraction of sp³-hybridized carbons (Fsp3) is 0.250. The lowest BCUT2D eigenvalue weighted by atomic mass is 10.3. The first-order chi connectivity index (χ1) is 8.63. The number of nitrogens with one attached hydrogen (secondary N) is 2. The highest BCUT2D eigenvalue weighted by Gasteiger charge is 2.05. The third-order valence-corrected chi connectivity index (χ3v) is 4.22. The van der Waals surface area contributed by atoms with E-state index in [1.54, 1.807) is 11.8 Å². The second-order valence-electron chi connectivity index (χ2n) is 3.72. The molecule has 3 nitrogen and oxygen atoms in total. The van der Waals surface area contributed by atoms with Crippen molar-refractivity contribution in [3.05, 3.63) is 44.5 Å². The summed E-state index contributed by atoms with van der Waals surface area (Å²) in [7, 11) is 0. The Hall–Kier alpha value is -0.470. The first-order valence-electron chi connectivity index (χ1n) is 5.44. The molecular weight excluding hydrogens is 379 g/mol. The van der Waals surface area contributed by atoms with Gasteiger partial charge in [-0.25, -0.2) is 0 Å². The molecule has 1 aromatic heterocycles. The Bertz CT molecular complexity index is 550. The summed E-state index contributed by atoms with van der Waals surface area (Å²) in [6.45, 7) is 2.05. The van der Waals surface area contributed by atoms with Crippen LogP contribution in [0.4, 0.5) is 0 Å². The van der Waals surface area contributed by atoms with E-state index in [1.807, 2.05) is 37.4 Å². The monoisotopic (exact) mass is 392 g/mol. The normalized spacial score (nSPS) is 12.3. The maximum atomic E-state index is 5.81. The number of aromatic nitrogens is 2. The number of imidazole rings is 1. The standard InChI is InChI=1S/C12H13IN2OS2/c1-8(16-11-4-2-9(13)3-5-11)18-7-10-6-14-12(17)15-10/h2-6,8H,7H2,1H3,(H2,14,15,17). The summed E-state index contributed by atoms with van der Waals surface area (Å²) in [5, 5.41) is 0. The van der Waals surface area contributed by atoms with E-state index < -0.39 is 0 Å². The van der Waals surface area contributed by atoms with Crippen LogP contribution >= 0.6 is 46.6 Å². The smallest absolute Gasteiger partial charge is 0.174 e. The van der Waals surface area contributed by atoms with E-state index in [2.05, 4.69) is 32.6 Å². The lowest BCUT2D eigenvalue weighted by Crippen LogP contribution is -2.07. The molecule has 0 amide bonds. The maximum Gasteiger partial charge on any atom is 0.174 e. The summed E-state index contributed by atoms with van der Waals surface area (Å²) in [5.41, 5.74) is 1.19. The fourth-order valence-corrected chi connectivity index (χ4v) is 2.69. The van der Waals surface area contributed by atoms with Gasteiger partial charge in [0.1, 0.15) is 11.2 Å². The number of H-pyrrole nitrogens is 2. The van der Waals surface area contributed by atoms with Crippen LogP contribution in [0.2, 0.25) is 0 Å². The molecule has 18 heavy (non-hydrogen) atoms. The summed E-state index contributed by atoms with van der Waals surface area (Å²) in [6.07, 6.45) is 1.90. The SMILES string of the molecule is CC(Oc1ccc(I)cc1)SCc1c[nH]c(=S)[nH]1. The number of ether oxygens (including phenoxy) is 1. The van der Waals surface area contributed by atoms with Crippen molar-refractivity contribution >= 4 is 46.6 Å². The molecule has 0 radical (unpaired) electrons. The summed E-state index contributed by atoms with van der Waals surface area (Å²) in [6, 6.07) is 8.05. The van der Waals surface area contributed by atoms with Crippen molar-refractivity contribution in [3.8, 4) is 5.75 Å². The molecule has 0 fully saturated rings. The van der Waals surface area contributed by atoms with Crippen LogP contribution in [-0.2, 0) is 5.75 Å². The van der Waals surface area contributed by atoms with Gasteiger partial charge in [-0.05, 0) is 66.0 Å². The maximum absolute atomic E-state index is 5.81. The second kappa shape index (κ2) is 6.63. The highest BCUT2D eigenvalue weighted by molar-refractivity contribution is 14.1. The zero-order valence-electron chi connectivity index (χ0n) is 9.77. The van der Waals surface area contributed by atoms with Crippen LogP contribution in [0, 0.1) is 8.34 Å². The predicted molar refractivity (Wildman–Crippen MR) is 86.5 cm³/mol. The zero-order chi connectivity index (χ0) is 13.0. The van der Waals surface area contributed by atoms with Gasteiger partial charge < -0.3 is 14.7 Å². The average Bonchev–Trinajstić information content (AvgIpc) is 2.76. The number of hydrogen-bond donors (Lipinski definition) is 2. The van der Waals surface area contributed by atoms with Crippen molar-refractivity contribution < 1.29 is 4.74 Å². The molecule has 0 bridgehead atoms. The Balaban J connectivity index is 1.83. The molecule has 2 aromatic rings. The highest BCUT2D eigenvalue weighted by atomic mass is 127. The van der Waals surface area contributed by atoms with E-state index in [1.165, 1.54) is 3.57 Å². The van der Waals surface area contributed by atoms with Gasteiger partial charge in [0.25, 0.3) is 0 Å². The van der Waals surface area contributed by atoms with Gasteiger partial charge in [0.05, 0.1) is 0 Å². The molecule has 1 unspecified atom stereocenters. The zero-order valence-corrected chi connectivity index (χ0v) is 13.6. The van der Waals surface area contributed by atoms with Gasteiger partial charge in [-0.1, -0.05) is 0 Å². The third kappa shape index (κ3) is 4.33. The van der Waals surface area contributed by atoms with Gasteiger partial charge in [0.15, 0.2) is 4.77 Å². The summed E-state index contributed by atoms with van der Waals surface area (Å²) in [4.78, 5) is 6.04. The first kappa shape index (κ1) is 14.0. The van der Waals surface area contributed by atoms with E-state index in [0.717, 1.165) is 17.2 Å². The highest BCUT2D eigenvalue weighted by Crippen LogP contribution is 2.21. The Morgan fingerprint density at radius 1 is 1.39 bits per heavy atom. The van der Waals surface area contributed by atoms with Crippen LogP contribution in [0.15, 0.2) is 30.5 Å². The van der Waals surface area contributed by atoms with Gasteiger partial charge in [0, 0.05) is 21.2 Å². The molecule has 1 atom stereocenters. The Morgan fingerprint density at radius 3 is 2.72 bits per heavy atom. The van der Waals surface area contributed by atoms with E-state index in [0.29, 0.717) is 4.77 Å². The van der Waals surface area contributed by atoms with Crippen molar-refractivity contribution in [2.75, 3.05) is 0 Å². The minimum atomic E-state index is 0.0990. The molecule has 2 N–H and O–H groups in total. The summed E-state index contributed by atoms with van der Waals surface area (Å²) in [5.74, 6) is 1.75. The van der Waals surface area contributed by atoms with Crippen molar-refractivity contribution in [2.24, 2.45) is 0 Å². The molecular formula is C12H13IN2OS2. The lowest BCUT2D eigenvalue weighted by Gasteiger charge is -2.13. The van der Waals surface area contributed by atoms with E-state index >= 15 is 0 Å². The molecule has 6 heteroatoms. The van der Waals surface area contributed by atoms with Crippen LogP contribution in [-0.4, -0.2) is 15.4 Å². The third-order valence-electron chi connectivity index (χ3n) is 2.24. The minimum absolute atomic E-state index is 0.0990. The van der Waals surface area contributed by atoms with Crippen LogP contribution in [0.1, 0.15) is 12.6 Å². The average molecular weight is 392 g/mol. The predicted octanol–water partition coefficient (Wildman–Crippen LogP) is 4.34. The van der Waals surface area contributed by atoms with E-state index in [-0.39, 0.29) is 5.44 Å². The number of aromatic amines is 2. The molecule has 0 aliphatic rings. The molecule has 0 saturated carbocycles. The van der Waals surface area contributed by atoms with Crippen LogP contribution < -0.4 is 4.74 Å². The van der Waals surface area contributed by atoms with E-state index in [4.69, 9.17) is 17.0 Å². The molecule has 0 spiro atoms. The molecule has 0 aliphatic carbocycles. The van der Waals surface area contributed by atoms with Gasteiger partial charge in [-0.2, -0.15) is 0 Å². The Kier molecular flexibility index (Phi) is 5.13. The van der Waals surface area contributed by atoms with Crippen LogP contribution in [0.5, 0.6) is 5.75 Å². The minimum Gasteiger partial charge on any atom is -0.480 e. The van der Waals surface area contributed by atoms with Gasteiger partial charge in [-0.15, -0.1) is 11.8 Å². The molecule has 0 aliphatic heterocycles. The second-order valence-corrected chi connectivity index (χ2v) is 6.66. The van der Waals surface area contributed by atoms with Crippen molar-refractivity contribution in [2.45, 2.75) is 18.1 Å². The largest absolute Gasteiger partial charge is 0.480 e. The van der Waals surface area contributed by atoms with Crippen molar-refractivity contribution in [1.82, 2.24) is 9.97 Å². The van der Waals surface area contributed by atoms with Gasteiger partial charge in [0.2, 0.25) is 0 Å². The molecule has 0 saturated heterocycles. The number of hydrogen-bond acceptors (Lipinski definition) is 3. The molecule has 96 valence electrons. The van der Waals surface area contributed by atoms with Gasteiger partial charge >= 0.3 is 0 Å². The van der Waals surface area contributed by atoms with Crippen molar-refractivity contribution in [3.63, 3.8) is 0 Å². The molecule has 1 aromatic carbocycles. The quantitative estimate of drug-likeness (QED) is 0.452. The molecule has 1 heterocycles. The molecule has 2 rings (SSSR count). The van der Waals surface area contributed by atoms with Crippen molar-refractivity contribution in [1.29, 1.82) is 0 Å². The van der Waals surface area contributed by atoms with E-state index in [9.17, 15) is 0 Å². The van der Waals surface area contributed by atoms with Gasteiger partial charge in [-0.3, -0.25) is 0 Å². The Labute approximate surface area is 129 Å². The number of benzene rings is 1. The van der Waals surface area contributed by atoms with Crippen LogP contribution in [0.25, 0.3) is 0 Å². The first-order valence-corrected chi connectivity index (χ1v) is 7.97. The number of halogens is 1. The lowest BCUT2D eigenvalue weighted by molar-refractivity contribution is 0.307. The summed E-state index contributed by atoms with van der Waals surface area (Å²) < 4.78 is 7.68. The Morgan fingerprint density at radius 2 is 2.11 bits per heavy atom. The number of rotatable bonds is 5.